The summed E-state index contributed by atoms with van der Waals surface area (Å²) in [5.74, 6) is -1.48. The van der Waals surface area contributed by atoms with Gasteiger partial charge in [-0.05, 0) is 60.4 Å². The second-order valence-corrected chi connectivity index (χ2v) is 6.68. The van der Waals surface area contributed by atoms with Crippen molar-refractivity contribution in [3.8, 4) is 0 Å². The normalized spacial score (nSPS) is 10.5. The van der Waals surface area contributed by atoms with Crippen molar-refractivity contribution < 1.29 is 18.4 Å². The zero-order valence-electron chi connectivity index (χ0n) is 16.2. The minimum absolute atomic E-state index is 0.118. The molecule has 2 amide bonds. The Hall–Kier alpha value is -3.61. The molecule has 1 aromatic heterocycles. The highest BCUT2D eigenvalue weighted by Crippen LogP contribution is 2.05. The van der Waals surface area contributed by atoms with Crippen molar-refractivity contribution in [2.45, 2.75) is 12.8 Å². The van der Waals surface area contributed by atoms with E-state index in [1.807, 2.05) is 0 Å². The Morgan fingerprint density at radius 3 is 1.57 bits per heavy atom. The molecule has 0 unspecified atom stereocenters. The van der Waals surface area contributed by atoms with Crippen molar-refractivity contribution in [1.82, 2.24) is 15.6 Å². The molecule has 0 spiro atoms. The molecule has 0 saturated carbocycles. The summed E-state index contributed by atoms with van der Waals surface area (Å²) in [4.78, 5) is 28.7. The summed E-state index contributed by atoms with van der Waals surface area (Å²) >= 11 is 0. The predicted octanol–water partition coefficient (Wildman–Crippen LogP) is 3.30. The summed E-state index contributed by atoms with van der Waals surface area (Å²) in [5.41, 5.74) is 1.78. The molecule has 0 atom stereocenters. The third-order valence-electron chi connectivity index (χ3n) is 4.39. The highest BCUT2D eigenvalue weighted by molar-refractivity contribution is 5.96. The average molecular weight is 409 g/mol. The standard InChI is InChI=1S/C23H21F2N3O2/c24-18-6-1-4-16(14-18)10-12-26-22(29)20-8-3-9-21(28-20)23(30)27-13-11-17-5-2-7-19(25)15-17/h1-9,14-15H,10-13H2,(H,26,29)(H,27,30). The largest absolute Gasteiger partial charge is 0.350 e. The van der Waals surface area contributed by atoms with Crippen molar-refractivity contribution in [2.75, 3.05) is 13.1 Å². The molecule has 7 heteroatoms. The number of carbonyl (C=O) groups excluding carboxylic acids is 2. The van der Waals surface area contributed by atoms with E-state index in [4.69, 9.17) is 0 Å². The van der Waals surface area contributed by atoms with Crippen molar-refractivity contribution in [3.63, 3.8) is 0 Å². The van der Waals surface area contributed by atoms with Gasteiger partial charge in [-0.2, -0.15) is 0 Å². The SMILES string of the molecule is O=C(NCCc1cccc(F)c1)c1cccc(C(=O)NCCc2cccc(F)c2)n1. The van der Waals surface area contributed by atoms with Gasteiger partial charge in [0.05, 0.1) is 0 Å². The molecule has 0 aliphatic carbocycles. The van der Waals surface area contributed by atoms with Crippen LogP contribution in [0, 0.1) is 11.6 Å². The number of pyridine rings is 1. The van der Waals surface area contributed by atoms with Gasteiger partial charge in [-0.25, -0.2) is 13.8 Å². The highest BCUT2D eigenvalue weighted by Gasteiger charge is 2.12. The first kappa shape index (κ1) is 21.1. The molecule has 0 radical (unpaired) electrons. The van der Waals surface area contributed by atoms with E-state index in [1.54, 1.807) is 30.3 Å². The number of hydrogen-bond acceptors (Lipinski definition) is 3. The Labute approximate surface area is 173 Å². The monoisotopic (exact) mass is 409 g/mol. The number of rotatable bonds is 8. The molecule has 0 saturated heterocycles. The third-order valence-corrected chi connectivity index (χ3v) is 4.39. The van der Waals surface area contributed by atoms with Crippen molar-refractivity contribution >= 4 is 11.8 Å². The summed E-state index contributed by atoms with van der Waals surface area (Å²) in [6.07, 6.45) is 0.952. The molecule has 0 aliphatic heterocycles. The summed E-state index contributed by atoms with van der Waals surface area (Å²) in [6.45, 7) is 0.627. The average Bonchev–Trinajstić information content (AvgIpc) is 2.74. The van der Waals surface area contributed by atoms with E-state index in [1.165, 1.54) is 36.4 Å². The Morgan fingerprint density at radius 2 is 1.13 bits per heavy atom. The zero-order valence-corrected chi connectivity index (χ0v) is 16.2. The topological polar surface area (TPSA) is 71.1 Å². The van der Waals surface area contributed by atoms with Crippen LogP contribution < -0.4 is 10.6 Å². The fourth-order valence-electron chi connectivity index (χ4n) is 2.89. The lowest BCUT2D eigenvalue weighted by molar-refractivity contribution is 0.0945. The number of amides is 2. The quantitative estimate of drug-likeness (QED) is 0.600. The molecule has 154 valence electrons. The maximum absolute atomic E-state index is 13.2. The Morgan fingerprint density at radius 1 is 0.700 bits per heavy atom. The van der Waals surface area contributed by atoms with E-state index in [2.05, 4.69) is 15.6 Å². The van der Waals surface area contributed by atoms with Crippen LogP contribution in [-0.4, -0.2) is 29.9 Å². The summed E-state index contributed by atoms with van der Waals surface area (Å²) in [5, 5.41) is 5.42. The number of aromatic nitrogens is 1. The van der Waals surface area contributed by atoms with Crippen LogP contribution in [0.1, 0.15) is 32.1 Å². The lowest BCUT2D eigenvalue weighted by atomic mass is 10.1. The molecule has 30 heavy (non-hydrogen) atoms. The van der Waals surface area contributed by atoms with Gasteiger partial charge >= 0.3 is 0 Å². The second-order valence-electron chi connectivity index (χ2n) is 6.68. The van der Waals surface area contributed by atoms with Crippen molar-refractivity contribution in [2.24, 2.45) is 0 Å². The first-order chi connectivity index (χ1) is 14.5. The Balaban J connectivity index is 1.50. The molecule has 2 N–H and O–H groups in total. The number of nitrogens with zero attached hydrogens (tertiary/aromatic N) is 1. The van der Waals surface area contributed by atoms with Crippen LogP contribution in [0.5, 0.6) is 0 Å². The van der Waals surface area contributed by atoms with Crippen LogP contribution >= 0.6 is 0 Å². The Bertz CT molecular complexity index is 961. The van der Waals surface area contributed by atoms with Gasteiger partial charge in [-0.15, -0.1) is 0 Å². The number of hydrogen-bond donors (Lipinski definition) is 2. The molecule has 1 heterocycles. The summed E-state index contributed by atoms with van der Waals surface area (Å²) in [7, 11) is 0. The van der Waals surface area contributed by atoms with E-state index in [-0.39, 0.29) is 23.0 Å². The van der Waals surface area contributed by atoms with Crippen LogP contribution in [0.3, 0.4) is 0 Å². The van der Waals surface area contributed by atoms with Gasteiger partial charge in [0, 0.05) is 13.1 Å². The minimum atomic E-state index is -0.416. The minimum Gasteiger partial charge on any atom is -0.350 e. The van der Waals surface area contributed by atoms with E-state index in [0.29, 0.717) is 25.9 Å². The van der Waals surface area contributed by atoms with Gasteiger partial charge in [0.2, 0.25) is 0 Å². The third kappa shape index (κ3) is 6.20. The second kappa shape index (κ2) is 10.2. The van der Waals surface area contributed by atoms with Crippen molar-refractivity contribution in [1.29, 1.82) is 0 Å². The summed E-state index contributed by atoms with van der Waals surface area (Å²) in [6, 6.07) is 17.0. The molecule has 0 bridgehead atoms. The number of carbonyl (C=O) groups is 2. The fourth-order valence-corrected chi connectivity index (χ4v) is 2.89. The molecule has 5 nitrogen and oxygen atoms in total. The molecule has 3 rings (SSSR count). The first-order valence-corrected chi connectivity index (χ1v) is 9.53. The van der Waals surface area contributed by atoms with Gasteiger partial charge < -0.3 is 10.6 Å². The van der Waals surface area contributed by atoms with E-state index < -0.39 is 11.8 Å². The molecule has 0 fully saturated rings. The number of benzene rings is 2. The highest BCUT2D eigenvalue weighted by atomic mass is 19.1. The van der Waals surface area contributed by atoms with Gasteiger partial charge in [0.1, 0.15) is 23.0 Å². The smallest absolute Gasteiger partial charge is 0.269 e. The predicted molar refractivity (Wildman–Crippen MR) is 109 cm³/mol. The maximum Gasteiger partial charge on any atom is 0.269 e. The van der Waals surface area contributed by atoms with E-state index in [0.717, 1.165) is 11.1 Å². The molecular formula is C23H21F2N3O2. The first-order valence-electron chi connectivity index (χ1n) is 9.53. The van der Waals surface area contributed by atoms with E-state index >= 15 is 0 Å². The van der Waals surface area contributed by atoms with Crippen LogP contribution in [0.15, 0.2) is 66.7 Å². The zero-order chi connectivity index (χ0) is 21.3. The number of nitrogens with one attached hydrogen (secondary N) is 2. The lowest BCUT2D eigenvalue weighted by Gasteiger charge is -2.08. The lowest BCUT2D eigenvalue weighted by Crippen LogP contribution is -2.29. The maximum atomic E-state index is 13.2. The van der Waals surface area contributed by atoms with Crippen LogP contribution in [0.25, 0.3) is 0 Å². The van der Waals surface area contributed by atoms with Crippen LogP contribution in [0.4, 0.5) is 8.78 Å². The van der Waals surface area contributed by atoms with Gasteiger partial charge in [0.25, 0.3) is 11.8 Å². The Kier molecular flexibility index (Phi) is 7.21. The molecule has 2 aromatic carbocycles. The molecule has 3 aromatic rings. The van der Waals surface area contributed by atoms with E-state index in [9.17, 15) is 18.4 Å². The fraction of sp³-hybridized carbons (Fsp3) is 0.174. The van der Waals surface area contributed by atoms with Crippen LogP contribution in [0.2, 0.25) is 0 Å². The molecule has 0 aliphatic rings. The van der Waals surface area contributed by atoms with Gasteiger partial charge in [-0.1, -0.05) is 30.3 Å². The number of halogens is 2. The summed E-state index contributed by atoms with van der Waals surface area (Å²) < 4.78 is 26.4. The van der Waals surface area contributed by atoms with Crippen molar-refractivity contribution in [3.05, 3.63) is 101 Å². The van der Waals surface area contributed by atoms with Gasteiger partial charge in [0.15, 0.2) is 0 Å². The van der Waals surface area contributed by atoms with Crippen LogP contribution in [-0.2, 0) is 12.8 Å². The molecular weight excluding hydrogens is 388 g/mol. The van der Waals surface area contributed by atoms with Gasteiger partial charge in [-0.3, -0.25) is 9.59 Å².